The number of carbonyl (C=O) groups excluding carboxylic acids is 2. The summed E-state index contributed by atoms with van der Waals surface area (Å²) >= 11 is 0. The minimum absolute atomic E-state index is 0.0407. The number of carboxylic acid groups (broad SMARTS) is 1. The fourth-order valence-corrected chi connectivity index (χ4v) is 0.955. The molecule has 0 bridgehead atoms. The van der Waals surface area contributed by atoms with Crippen molar-refractivity contribution in [3.05, 3.63) is 35.4 Å². The summed E-state index contributed by atoms with van der Waals surface area (Å²) in [5, 5.41) is 8.69. The highest BCUT2D eigenvalue weighted by molar-refractivity contribution is 6.03. The van der Waals surface area contributed by atoms with E-state index < -0.39 is 11.9 Å². The molecule has 0 heterocycles. The van der Waals surface area contributed by atoms with E-state index in [4.69, 9.17) is 5.11 Å². The summed E-state index contributed by atoms with van der Waals surface area (Å²) < 4.78 is 4.04. The van der Waals surface area contributed by atoms with Crippen LogP contribution in [0, 0.1) is 0 Å². The Labute approximate surface area is 78.9 Å². The molecule has 0 aromatic heterocycles. The largest absolute Gasteiger partial charge is 0.478 e. The first-order valence-electron chi connectivity index (χ1n) is 3.63. The zero-order valence-electron chi connectivity index (χ0n) is 6.97. The Morgan fingerprint density at radius 3 is 2.29 bits per heavy atom. The Morgan fingerprint density at radius 1 is 1.21 bits per heavy atom. The van der Waals surface area contributed by atoms with Crippen molar-refractivity contribution in [1.82, 2.24) is 0 Å². The van der Waals surface area contributed by atoms with Crippen molar-refractivity contribution in [2.75, 3.05) is 0 Å². The first kappa shape index (κ1) is 9.91. The number of ether oxygens (including phenoxy) is 1. The predicted molar refractivity (Wildman–Crippen MR) is 44.9 cm³/mol. The summed E-state index contributed by atoms with van der Waals surface area (Å²) in [6, 6.07) is 5.48. The molecule has 1 aromatic rings. The molecular weight excluding hydrogens is 188 g/mol. The number of hydrogen-bond acceptors (Lipinski definition) is 4. The second kappa shape index (κ2) is 4.18. The van der Waals surface area contributed by atoms with Crippen LogP contribution in [0.2, 0.25) is 0 Å². The number of hydrogen-bond donors (Lipinski definition) is 1. The van der Waals surface area contributed by atoms with E-state index in [1.165, 1.54) is 24.3 Å². The Hall–Kier alpha value is -2.17. The maximum absolute atomic E-state index is 11.1. The Morgan fingerprint density at radius 2 is 1.79 bits per heavy atom. The Kier molecular flexibility index (Phi) is 2.96. The first-order chi connectivity index (χ1) is 6.66. The first-order valence-corrected chi connectivity index (χ1v) is 3.63. The van der Waals surface area contributed by atoms with Gasteiger partial charge in [0.05, 0.1) is 11.1 Å². The average molecular weight is 194 g/mol. The molecule has 1 aromatic carbocycles. The molecule has 1 rings (SSSR count). The molecular formula is C9H6O5. The minimum Gasteiger partial charge on any atom is -0.478 e. The van der Waals surface area contributed by atoms with Crippen LogP contribution in [0.1, 0.15) is 20.7 Å². The van der Waals surface area contributed by atoms with Gasteiger partial charge < -0.3 is 9.84 Å². The molecule has 5 heteroatoms. The number of rotatable bonds is 3. The van der Waals surface area contributed by atoms with Crippen molar-refractivity contribution < 1.29 is 24.2 Å². The molecule has 0 aliphatic carbocycles. The van der Waals surface area contributed by atoms with Gasteiger partial charge >= 0.3 is 18.4 Å². The van der Waals surface area contributed by atoms with Crippen molar-refractivity contribution in [3.8, 4) is 0 Å². The van der Waals surface area contributed by atoms with Crippen LogP contribution in [0.4, 0.5) is 0 Å². The monoisotopic (exact) mass is 194 g/mol. The summed E-state index contributed by atoms with van der Waals surface area (Å²) in [6.07, 6.45) is 0. The van der Waals surface area contributed by atoms with E-state index in [0.29, 0.717) is 0 Å². The zero-order chi connectivity index (χ0) is 10.6. The van der Waals surface area contributed by atoms with Crippen molar-refractivity contribution in [2.24, 2.45) is 0 Å². The summed E-state index contributed by atoms with van der Waals surface area (Å²) in [5.74, 6) is -2.22. The van der Waals surface area contributed by atoms with Crippen LogP contribution in [0.15, 0.2) is 24.3 Å². The van der Waals surface area contributed by atoms with E-state index in [-0.39, 0.29) is 17.6 Å². The third kappa shape index (κ3) is 1.95. The molecule has 14 heavy (non-hydrogen) atoms. The Bertz CT molecular complexity index is 383. The lowest BCUT2D eigenvalue weighted by molar-refractivity contribution is -0.123. The van der Waals surface area contributed by atoms with Crippen molar-refractivity contribution >= 4 is 18.4 Å². The molecule has 5 nitrogen and oxygen atoms in total. The van der Waals surface area contributed by atoms with Gasteiger partial charge in [-0.15, -0.1) is 0 Å². The van der Waals surface area contributed by atoms with E-state index >= 15 is 0 Å². The minimum atomic E-state index is -1.25. The summed E-state index contributed by atoms with van der Waals surface area (Å²) in [4.78, 5) is 31.6. The van der Waals surface area contributed by atoms with Crippen molar-refractivity contribution in [2.45, 2.75) is 0 Å². The van der Waals surface area contributed by atoms with Crippen LogP contribution in [-0.2, 0) is 9.53 Å². The van der Waals surface area contributed by atoms with Crippen LogP contribution in [-0.4, -0.2) is 23.5 Å². The highest BCUT2D eigenvalue weighted by Crippen LogP contribution is 2.09. The molecule has 1 N–H and O–H groups in total. The average Bonchev–Trinajstić information content (AvgIpc) is 2.18. The summed E-state index contributed by atoms with van der Waals surface area (Å²) in [5.41, 5.74) is -0.341. The molecule has 0 fully saturated rings. The molecule has 0 aliphatic rings. The van der Waals surface area contributed by atoms with E-state index in [0.717, 1.165) is 0 Å². The lowest BCUT2D eigenvalue weighted by Crippen LogP contribution is -2.10. The van der Waals surface area contributed by atoms with Crippen LogP contribution < -0.4 is 0 Å². The molecule has 0 unspecified atom stereocenters. The standard InChI is InChI=1S/C9H6O5/c10-5-14-9(13)7-4-2-1-3-6(7)8(11)12/h1-5H,(H,11,12). The third-order valence-corrected chi connectivity index (χ3v) is 1.53. The Balaban J connectivity index is 3.12. The number of aromatic carboxylic acids is 1. The number of carboxylic acids is 1. The van der Waals surface area contributed by atoms with E-state index in [2.05, 4.69) is 4.74 Å². The molecule has 0 aliphatic heterocycles. The van der Waals surface area contributed by atoms with Gasteiger partial charge in [0, 0.05) is 0 Å². The number of esters is 1. The topological polar surface area (TPSA) is 80.7 Å². The number of benzene rings is 1. The molecule has 0 saturated heterocycles. The highest BCUT2D eigenvalue weighted by atomic mass is 16.6. The van der Waals surface area contributed by atoms with E-state index in [1.807, 2.05) is 0 Å². The van der Waals surface area contributed by atoms with Crippen LogP contribution in [0.5, 0.6) is 0 Å². The zero-order valence-corrected chi connectivity index (χ0v) is 6.97. The van der Waals surface area contributed by atoms with E-state index in [1.54, 1.807) is 0 Å². The fourth-order valence-electron chi connectivity index (χ4n) is 0.955. The van der Waals surface area contributed by atoms with Gasteiger partial charge in [-0.1, -0.05) is 12.1 Å². The molecule has 0 amide bonds. The molecule has 0 spiro atoms. The molecule has 72 valence electrons. The lowest BCUT2D eigenvalue weighted by Gasteiger charge is -2.01. The maximum Gasteiger partial charge on any atom is 0.346 e. The quantitative estimate of drug-likeness (QED) is 0.435. The summed E-state index contributed by atoms with van der Waals surface area (Å²) in [7, 11) is 0. The van der Waals surface area contributed by atoms with Gasteiger partial charge in [0.25, 0.3) is 0 Å². The second-order valence-corrected chi connectivity index (χ2v) is 2.35. The van der Waals surface area contributed by atoms with Gasteiger partial charge in [-0.25, -0.2) is 9.59 Å². The molecule has 0 saturated carbocycles. The van der Waals surface area contributed by atoms with Crippen LogP contribution in [0.3, 0.4) is 0 Å². The van der Waals surface area contributed by atoms with Crippen molar-refractivity contribution in [3.63, 3.8) is 0 Å². The van der Waals surface area contributed by atoms with E-state index in [9.17, 15) is 14.4 Å². The van der Waals surface area contributed by atoms with Gasteiger partial charge in [-0.05, 0) is 12.1 Å². The van der Waals surface area contributed by atoms with Gasteiger partial charge in [0.1, 0.15) is 0 Å². The normalized spacial score (nSPS) is 9.14. The van der Waals surface area contributed by atoms with Crippen molar-refractivity contribution in [1.29, 1.82) is 0 Å². The maximum atomic E-state index is 11.1. The second-order valence-electron chi connectivity index (χ2n) is 2.35. The smallest absolute Gasteiger partial charge is 0.346 e. The van der Waals surface area contributed by atoms with Gasteiger partial charge in [-0.3, -0.25) is 4.79 Å². The third-order valence-electron chi connectivity index (χ3n) is 1.53. The van der Waals surface area contributed by atoms with Gasteiger partial charge in [-0.2, -0.15) is 0 Å². The van der Waals surface area contributed by atoms with Crippen LogP contribution in [0.25, 0.3) is 0 Å². The number of carbonyl (C=O) groups is 3. The SMILES string of the molecule is O=COC(=O)c1ccccc1C(=O)O. The summed E-state index contributed by atoms with van der Waals surface area (Å²) in [6.45, 7) is -0.0407. The van der Waals surface area contributed by atoms with Gasteiger partial charge in [0.15, 0.2) is 0 Å². The molecule has 0 radical (unpaired) electrons. The predicted octanol–water partition coefficient (Wildman–Crippen LogP) is 0.698. The highest BCUT2D eigenvalue weighted by Gasteiger charge is 2.16. The fraction of sp³-hybridized carbons (Fsp3) is 0. The van der Waals surface area contributed by atoms with Gasteiger partial charge in [0.2, 0.25) is 0 Å². The van der Waals surface area contributed by atoms with Crippen LogP contribution >= 0.6 is 0 Å². The lowest BCUT2D eigenvalue weighted by atomic mass is 10.1. The molecule has 0 atom stereocenters.